The van der Waals surface area contributed by atoms with Crippen LogP contribution in [-0.2, 0) is 4.74 Å². The van der Waals surface area contributed by atoms with Crippen molar-refractivity contribution in [3.8, 4) is 0 Å². The predicted molar refractivity (Wildman–Crippen MR) is 67.7 cm³/mol. The van der Waals surface area contributed by atoms with Crippen LogP contribution in [0.1, 0.15) is 24.3 Å². The van der Waals surface area contributed by atoms with Crippen LogP contribution in [0, 0.1) is 0 Å². The summed E-state index contributed by atoms with van der Waals surface area (Å²) in [4.78, 5) is 15.8. The molecule has 1 heterocycles. The summed E-state index contributed by atoms with van der Waals surface area (Å²) in [6.45, 7) is 4.07. The number of halogens is 2. The van der Waals surface area contributed by atoms with Crippen LogP contribution in [0.2, 0.25) is 10.2 Å². The molecule has 4 nitrogen and oxygen atoms in total. The Bertz CT molecular complexity index is 422. The number of ether oxygens (including phenoxy) is 1. The van der Waals surface area contributed by atoms with Gasteiger partial charge in [0.15, 0.2) is 0 Å². The second kappa shape index (κ2) is 5.67. The highest BCUT2D eigenvalue weighted by molar-refractivity contribution is 6.34. The van der Waals surface area contributed by atoms with E-state index in [1.165, 1.54) is 12.1 Å². The summed E-state index contributed by atoms with van der Waals surface area (Å²) >= 11 is 11.6. The molecule has 0 aliphatic heterocycles. The second-order valence-electron chi connectivity index (χ2n) is 4.24. The molecule has 6 heteroatoms. The van der Waals surface area contributed by atoms with E-state index in [0.29, 0.717) is 6.61 Å². The van der Waals surface area contributed by atoms with Crippen molar-refractivity contribution in [1.29, 1.82) is 0 Å². The molecule has 0 unspecified atom stereocenters. The van der Waals surface area contributed by atoms with Gasteiger partial charge < -0.3 is 10.1 Å². The first kappa shape index (κ1) is 14.2. The molecular formula is C11H14Cl2N2O2. The fraction of sp³-hybridized carbons (Fsp3) is 0.455. The van der Waals surface area contributed by atoms with Gasteiger partial charge in [0.05, 0.1) is 17.2 Å². The van der Waals surface area contributed by atoms with Crippen LogP contribution in [0.4, 0.5) is 0 Å². The van der Waals surface area contributed by atoms with E-state index in [1.807, 2.05) is 13.8 Å². The van der Waals surface area contributed by atoms with Crippen LogP contribution < -0.4 is 5.32 Å². The zero-order valence-corrected chi connectivity index (χ0v) is 11.4. The molecule has 1 aromatic heterocycles. The maximum Gasteiger partial charge on any atom is 0.271 e. The van der Waals surface area contributed by atoms with Crippen molar-refractivity contribution < 1.29 is 9.53 Å². The highest BCUT2D eigenvalue weighted by Crippen LogP contribution is 2.17. The topological polar surface area (TPSA) is 51.2 Å². The van der Waals surface area contributed by atoms with E-state index in [9.17, 15) is 4.79 Å². The molecule has 0 bridgehead atoms. The Labute approximate surface area is 110 Å². The Balaban J connectivity index is 2.86. The van der Waals surface area contributed by atoms with Crippen molar-refractivity contribution in [2.24, 2.45) is 0 Å². The number of rotatable bonds is 4. The minimum atomic E-state index is -0.501. The number of pyridine rings is 1. The first-order valence-electron chi connectivity index (χ1n) is 4.99. The normalized spacial score (nSPS) is 11.4. The minimum Gasteiger partial charge on any atom is -0.382 e. The third-order valence-corrected chi connectivity index (χ3v) is 2.50. The van der Waals surface area contributed by atoms with Crippen LogP contribution in [0.25, 0.3) is 0 Å². The molecule has 0 spiro atoms. The monoisotopic (exact) mass is 276 g/mol. The highest BCUT2D eigenvalue weighted by atomic mass is 35.5. The molecule has 0 aromatic carbocycles. The quantitative estimate of drug-likeness (QED) is 0.860. The van der Waals surface area contributed by atoms with Crippen LogP contribution in [-0.4, -0.2) is 30.1 Å². The molecule has 0 aliphatic carbocycles. The van der Waals surface area contributed by atoms with Crippen molar-refractivity contribution in [2.75, 3.05) is 13.7 Å². The van der Waals surface area contributed by atoms with Gasteiger partial charge in [-0.25, -0.2) is 4.98 Å². The van der Waals surface area contributed by atoms with E-state index in [0.717, 1.165) is 0 Å². The number of amides is 1. The molecule has 1 N–H and O–H groups in total. The van der Waals surface area contributed by atoms with Gasteiger partial charge in [0.2, 0.25) is 0 Å². The molecule has 0 saturated carbocycles. The summed E-state index contributed by atoms with van der Waals surface area (Å²) in [5, 5.41) is 3.26. The van der Waals surface area contributed by atoms with Crippen molar-refractivity contribution >= 4 is 29.1 Å². The van der Waals surface area contributed by atoms with Gasteiger partial charge in [0.25, 0.3) is 5.91 Å². The van der Waals surface area contributed by atoms with E-state index >= 15 is 0 Å². The van der Waals surface area contributed by atoms with Gasteiger partial charge >= 0.3 is 0 Å². The lowest BCUT2D eigenvalue weighted by Crippen LogP contribution is -2.47. The number of hydrogen-bond acceptors (Lipinski definition) is 3. The molecule has 1 aromatic rings. The fourth-order valence-electron chi connectivity index (χ4n) is 1.34. The maximum absolute atomic E-state index is 11.9. The SMILES string of the molecule is COCC(C)(C)NC(=O)c1nc(Cl)ccc1Cl. The lowest BCUT2D eigenvalue weighted by molar-refractivity contribution is 0.0815. The molecule has 94 valence electrons. The molecule has 1 amide bonds. The molecule has 0 atom stereocenters. The molecular weight excluding hydrogens is 263 g/mol. The summed E-state index contributed by atoms with van der Waals surface area (Å²) in [6.07, 6.45) is 0. The van der Waals surface area contributed by atoms with Gasteiger partial charge in [-0.05, 0) is 26.0 Å². The zero-order valence-electron chi connectivity index (χ0n) is 9.88. The highest BCUT2D eigenvalue weighted by Gasteiger charge is 2.23. The summed E-state index contributed by atoms with van der Waals surface area (Å²) < 4.78 is 5.00. The number of carbonyl (C=O) groups is 1. The van der Waals surface area contributed by atoms with Gasteiger partial charge in [0, 0.05) is 7.11 Å². The van der Waals surface area contributed by atoms with Crippen molar-refractivity contribution in [3.05, 3.63) is 28.0 Å². The van der Waals surface area contributed by atoms with Crippen molar-refractivity contribution in [1.82, 2.24) is 10.3 Å². The van der Waals surface area contributed by atoms with E-state index in [4.69, 9.17) is 27.9 Å². The molecule has 0 radical (unpaired) electrons. The maximum atomic E-state index is 11.9. The predicted octanol–water partition coefficient (Wildman–Crippen LogP) is 2.54. The van der Waals surface area contributed by atoms with E-state index in [2.05, 4.69) is 10.3 Å². The number of carbonyl (C=O) groups excluding carboxylic acids is 1. The first-order chi connectivity index (χ1) is 7.85. The summed E-state index contributed by atoms with van der Waals surface area (Å²) in [7, 11) is 1.57. The first-order valence-corrected chi connectivity index (χ1v) is 5.75. The Hall–Kier alpha value is -0.840. The Morgan fingerprint density at radius 2 is 2.12 bits per heavy atom. The lowest BCUT2D eigenvalue weighted by Gasteiger charge is -2.25. The lowest BCUT2D eigenvalue weighted by atomic mass is 10.1. The third kappa shape index (κ3) is 4.15. The van der Waals surface area contributed by atoms with E-state index in [-0.39, 0.29) is 21.8 Å². The van der Waals surface area contributed by atoms with Gasteiger partial charge in [-0.2, -0.15) is 0 Å². The largest absolute Gasteiger partial charge is 0.382 e. The molecule has 1 rings (SSSR count). The van der Waals surface area contributed by atoms with Crippen LogP contribution >= 0.6 is 23.2 Å². The third-order valence-electron chi connectivity index (χ3n) is 1.98. The fourth-order valence-corrected chi connectivity index (χ4v) is 1.68. The average molecular weight is 277 g/mol. The Morgan fingerprint density at radius 3 is 2.71 bits per heavy atom. The van der Waals surface area contributed by atoms with Crippen LogP contribution in [0.3, 0.4) is 0 Å². The Kier molecular flexibility index (Phi) is 4.74. The van der Waals surface area contributed by atoms with Crippen molar-refractivity contribution in [3.63, 3.8) is 0 Å². The molecule has 17 heavy (non-hydrogen) atoms. The standard InChI is InChI=1S/C11H14Cl2N2O2/c1-11(2,6-17-3)15-10(16)9-7(12)4-5-8(13)14-9/h4-5H,6H2,1-3H3,(H,15,16). The van der Waals surface area contributed by atoms with Gasteiger partial charge in [-0.15, -0.1) is 0 Å². The molecule has 0 saturated heterocycles. The minimum absolute atomic E-state index is 0.114. The second-order valence-corrected chi connectivity index (χ2v) is 5.03. The summed E-state index contributed by atoms with van der Waals surface area (Å²) in [5.74, 6) is -0.375. The number of methoxy groups -OCH3 is 1. The summed E-state index contributed by atoms with van der Waals surface area (Å²) in [5.41, 5.74) is -0.387. The Morgan fingerprint density at radius 1 is 1.47 bits per heavy atom. The molecule has 0 aliphatic rings. The number of nitrogens with zero attached hydrogens (tertiary/aromatic N) is 1. The molecule has 0 fully saturated rings. The van der Waals surface area contributed by atoms with E-state index < -0.39 is 5.54 Å². The summed E-state index contributed by atoms with van der Waals surface area (Å²) in [6, 6.07) is 3.07. The van der Waals surface area contributed by atoms with Gasteiger partial charge in [0.1, 0.15) is 10.8 Å². The average Bonchev–Trinajstić information content (AvgIpc) is 2.20. The number of hydrogen-bond donors (Lipinski definition) is 1. The zero-order chi connectivity index (χ0) is 13.1. The van der Waals surface area contributed by atoms with Crippen LogP contribution in [0.15, 0.2) is 12.1 Å². The van der Waals surface area contributed by atoms with Gasteiger partial charge in [-0.1, -0.05) is 23.2 Å². The smallest absolute Gasteiger partial charge is 0.271 e. The van der Waals surface area contributed by atoms with E-state index in [1.54, 1.807) is 7.11 Å². The number of nitrogens with one attached hydrogen (secondary N) is 1. The van der Waals surface area contributed by atoms with Crippen molar-refractivity contribution in [2.45, 2.75) is 19.4 Å². The number of aromatic nitrogens is 1. The van der Waals surface area contributed by atoms with Gasteiger partial charge in [-0.3, -0.25) is 4.79 Å². The van der Waals surface area contributed by atoms with Crippen LogP contribution in [0.5, 0.6) is 0 Å².